The van der Waals surface area contributed by atoms with Crippen LogP contribution in [0.5, 0.6) is 0 Å². The molecule has 1 aromatic carbocycles. The average molecular weight is 310 g/mol. The highest BCUT2D eigenvalue weighted by molar-refractivity contribution is 5.99. The van der Waals surface area contributed by atoms with Crippen LogP contribution in [0.25, 0.3) is 10.9 Å². The Hall–Kier alpha value is -2.96. The number of anilines is 1. The summed E-state index contributed by atoms with van der Waals surface area (Å²) in [6, 6.07) is 5.42. The van der Waals surface area contributed by atoms with Crippen LogP contribution in [-0.4, -0.2) is 32.2 Å². The number of hydrogen-bond acceptors (Lipinski definition) is 5. The number of aryl methyl sites for hydroxylation is 1. The van der Waals surface area contributed by atoms with Crippen LogP contribution >= 0.6 is 0 Å². The fraction of sp³-hybridized carbons (Fsp3) is 0.250. The van der Waals surface area contributed by atoms with Crippen LogP contribution in [0.3, 0.4) is 0 Å². The molecule has 2 aromatic heterocycles. The maximum absolute atomic E-state index is 12.3. The molecule has 2 heterocycles. The fourth-order valence-electron chi connectivity index (χ4n) is 2.35. The first-order valence-electron chi connectivity index (χ1n) is 7.41. The molecule has 7 nitrogen and oxygen atoms in total. The predicted octanol–water partition coefficient (Wildman–Crippen LogP) is 1.73. The molecule has 3 aromatic rings. The molecule has 0 saturated carbocycles. The molecule has 0 aliphatic carbocycles. The van der Waals surface area contributed by atoms with Crippen LogP contribution in [0, 0.1) is 0 Å². The highest BCUT2D eigenvalue weighted by Crippen LogP contribution is 2.20. The number of nitrogens with one attached hydrogen (secondary N) is 2. The number of rotatable bonds is 5. The van der Waals surface area contributed by atoms with Crippen molar-refractivity contribution in [3.63, 3.8) is 0 Å². The summed E-state index contributed by atoms with van der Waals surface area (Å²) in [4.78, 5) is 20.7. The van der Waals surface area contributed by atoms with Gasteiger partial charge in [0.1, 0.15) is 12.1 Å². The Morgan fingerprint density at radius 2 is 2.17 bits per heavy atom. The van der Waals surface area contributed by atoms with E-state index in [2.05, 4.69) is 25.7 Å². The average Bonchev–Trinajstić information content (AvgIpc) is 2.98. The first kappa shape index (κ1) is 15.0. The highest BCUT2D eigenvalue weighted by Gasteiger charge is 2.09. The van der Waals surface area contributed by atoms with Gasteiger partial charge in [-0.15, -0.1) is 0 Å². The second-order valence-corrected chi connectivity index (χ2v) is 5.19. The molecule has 7 heteroatoms. The molecule has 0 fully saturated rings. The molecule has 118 valence electrons. The summed E-state index contributed by atoms with van der Waals surface area (Å²) in [5, 5.41) is 11.0. The van der Waals surface area contributed by atoms with Crippen molar-refractivity contribution < 1.29 is 4.79 Å². The summed E-state index contributed by atoms with van der Waals surface area (Å²) in [7, 11) is 1.84. The Bertz CT molecular complexity index is 841. The second-order valence-electron chi connectivity index (χ2n) is 5.19. The van der Waals surface area contributed by atoms with Gasteiger partial charge in [-0.25, -0.2) is 9.97 Å². The molecule has 23 heavy (non-hydrogen) atoms. The van der Waals surface area contributed by atoms with Crippen molar-refractivity contribution in [3.8, 4) is 0 Å². The lowest BCUT2D eigenvalue weighted by Gasteiger charge is -2.08. The summed E-state index contributed by atoms with van der Waals surface area (Å²) in [5.74, 6) is 0.638. The van der Waals surface area contributed by atoms with Gasteiger partial charge in [0.15, 0.2) is 0 Å². The molecule has 3 rings (SSSR count). The van der Waals surface area contributed by atoms with Crippen LogP contribution in [0.4, 0.5) is 5.82 Å². The minimum Gasteiger partial charge on any atom is -0.370 e. The van der Waals surface area contributed by atoms with Crippen LogP contribution in [0.1, 0.15) is 22.8 Å². The third kappa shape index (κ3) is 3.28. The number of carbonyl (C=O) groups excluding carboxylic acids is 1. The zero-order chi connectivity index (χ0) is 16.2. The van der Waals surface area contributed by atoms with E-state index in [0.29, 0.717) is 12.1 Å². The van der Waals surface area contributed by atoms with E-state index in [-0.39, 0.29) is 5.91 Å². The van der Waals surface area contributed by atoms with Gasteiger partial charge < -0.3 is 10.6 Å². The van der Waals surface area contributed by atoms with Crippen LogP contribution in [0.15, 0.2) is 36.9 Å². The number of amides is 1. The third-order valence-electron chi connectivity index (χ3n) is 3.45. The zero-order valence-corrected chi connectivity index (χ0v) is 13.1. The molecule has 1 amide bonds. The quantitative estimate of drug-likeness (QED) is 0.749. The summed E-state index contributed by atoms with van der Waals surface area (Å²) in [6.07, 6.45) is 5.10. The smallest absolute Gasteiger partial charge is 0.251 e. The van der Waals surface area contributed by atoms with Gasteiger partial charge in [0.2, 0.25) is 0 Å². The summed E-state index contributed by atoms with van der Waals surface area (Å²) < 4.78 is 1.71. The van der Waals surface area contributed by atoms with Gasteiger partial charge in [-0.05, 0) is 25.1 Å². The lowest BCUT2D eigenvalue weighted by atomic mass is 10.1. The van der Waals surface area contributed by atoms with E-state index in [4.69, 9.17) is 0 Å². The molecule has 0 spiro atoms. The van der Waals surface area contributed by atoms with E-state index in [1.165, 1.54) is 6.33 Å². The van der Waals surface area contributed by atoms with E-state index in [1.54, 1.807) is 23.0 Å². The predicted molar refractivity (Wildman–Crippen MR) is 88.1 cm³/mol. The number of nitrogens with zero attached hydrogens (tertiary/aromatic N) is 4. The first-order valence-corrected chi connectivity index (χ1v) is 7.41. The summed E-state index contributed by atoms with van der Waals surface area (Å²) >= 11 is 0. The number of hydrogen-bond donors (Lipinski definition) is 2. The SMILES string of the molecule is CCNc1ncnc2cc(C(=O)NCc3cnn(C)c3)ccc12. The largest absolute Gasteiger partial charge is 0.370 e. The van der Waals surface area contributed by atoms with Crippen molar-refractivity contribution >= 4 is 22.6 Å². The Kier molecular flexibility index (Phi) is 4.18. The highest BCUT2D eigenvalue weighted by atomic mass is 16.1. The standard InChI is InChI=1S/C16H18N6O/c1-3-17-15-13-5-4-12(6-14(13)19-10-20-15)16(23)18-7-11-8-21-22(2)9-11/h4-6,8-10H,3,7H2,1-2H3,(H,18,23)(H,17,19,20). The Labute approximate surface area is 133 Å². The minimum absolute atomic E-state index is 0.139. The second kappa shape index (κ2) is 6.43. The van der Waals surface area contributed by atoms with Gasteiger partial charge >= 0.3 is 0 Å². The number of benzene rings is 1. The Balaban J connectivity index is 1.78. The maximum Gasteiger partial charge on any atom is 0.251 e. The number of aromatic nitrogens is 4. The van der Waals surface area contributed by atoms with Crippen LogP contribution in [-0.2, 0) is 13.6 Å². The van der Waals surface area contributed by atoms with Crippen molar-refractivity contribution in [2.45, 2.75) is 13.5 Å². The van der Waals surface area contributed by atoms with Crippen molar-refractivity contribution in [2.75, 3.05) is 11.9 Å². The Morgan fingerprint density at radius 1 is 1.30 bits per heavy atom. The van der Waals surface area contributed by atoms with Gasteiger partial charge in [0, 0.05) is 42.8 Å². The van der Waals surface area contributed by atoms with Gasteiger partial charge in [0.25, 0.3) is 5.91 Å². The van der Waals surface area contributed by atoms with E-state index in [9.17, 15) is 4.79 Å². The zero-order valence-electron chi connectivity index (χ0n) is 13.1. The summed E-state index contributed by atoms with van der Waals surface area (Å²) in [5.41, 5.74) is 2.27. The minimum atomic E-state index is -0.139. The van der Waals surface area contributed by atoms with Gasteiger partial charge in [-0.2, -0.15) is 5.10 Å². The monoisotopic (exact) mass is 310 g/mol. The number of carbonyl (C=O) groups is 1. The molecule has 0 radical (unpaired) electrons. The van der Waals surface area contributed by atoms with Gasteiger partial charge in [-0.3, -0.25) is 9.48 Å². The van der Waals surface area contributed by atoms with Crippen molar-refractivity contribution in [2.24, 2.45) is 7.05 Å². The molecular formula is C16H18N6O. The molecule has 0 bridgehead atoms. The van der Waals surface area contributed by atoms with Gasteiger partial charge in [-0.1, -0.05) is 0 Å². The fourth-order valence-corrected chi connectivity index (χ4v) is 2.35. The molecule has 0 atom stereocenters. The molecule has 0 unspecified atom stereocenters. The Morgan fingerprint density at radius 3 is 2.91 bits per heavy atom. The van der Waals surface area contributed by atoms with Crippen LogP contribution in [0.2, 0.25) is 0 Å². The van der Waals surface area contributed by atoms with E-state index in [1.807, 2.05) is 26.2 Å². The maximum atomic E-state index is 12.3. The molecule has 2 N–H and O–H groups in total. The van der Waals surface area contributed by atoms with Crippen molar-refractivity contribution in [1.82, 2.24) is 25.1 Å². The third-order valence-corrected chi connectivity index (χ3v) is 3.45. The van der Waals surface area contributed by atoms with E-state index >= 15 is 0 Å². The van der Waals surface area contributed by atoms with Crippen molar-refractivity contribution in [1.29, 1.82) is 0 Å². The lowest BCUT2D eigenvalue weighted by molar-refractivity contribution is 0.0951. The molecule has 0 aliphatic heterocycles. The van der Waals surface area contributed by atoms with Gasteiger partial charge in [0.05, 0.1) is 11.7 Å². The van der Waals surface area contributed by atoms with Crippen molar-refractivity contribution in [3.05, 3.63) is 48.0 Å². The lowest BCUT2D eigenvalue weighted by Crippen LogP contribution is -2.22. The van der Waals surface area contributed by atoms with E-state index in [0.717, 1.165) is 28.8 Å². The topological polar surface area (TPSA) is 84.7 Å². The molecular weight excluding hydrogens is 292 g/mol. The first-order chi connectivity index (χ1) is 11.2. The normalized spacial score (nSPS) is 10.7. The van der Waals surface area contributed by atoms with Crippen LogP contribution < -0.4 is 10.6 Å². The van der Waals surface area contributed by atoms with E-state index < -0.39 is 0 Å². The molecule has 0 saturated heterocycles. The molecule has 0 aliphatic rings. The summed E-state index contributed by atoms with van der Waals surface area (Å²) in [6.45, 7) is 3.23. The number of fused-ring (bicyclic) bond motifs is 1.